The summed E-state index contributed by atoms with van der Waals surface area (Å²) < 4.78 is 17.3. The van der Waals surface area contributed by atoms with Crippen molar-refractivity contribution in [2.45, 2.75) is 0 Å². The van der Waals surface area contributed by atoms with Crippen molar-refractivity contribution in [1.82, 2.24) is 4.57 Å². The van der Waals surface area contributed by atoms with Gasteiger partial charge in [0.15, 0.2) is 11.0 Å². The van der Waals surface area contributed by atoms with E-state index in [2.05, 4.69) is 0 Å². The number of para-hydroxylation sites is 1. The van der Waals surface area contributed by atoms with Crippen LogP contribution in [0.4, 0.5) is 4.39 Å². The van der Waals surface area contributed by atoms with Gasteiger partial charge >= 0.3 is 0 Å². The van der Waals surface area contributed by atoms with Gasteiger partial charge in [-0.25, -0.2) is 8.96 Å². The Bertz CT molecular complexity index is 671. The van der Waals surface area contributed by atoms with Crippen LogP contribution in [0.5, 0.6) is 0 Å². The molecule has 0 spiro atoms. The van der Waals surface area contributed by atoms with Crippen LogP contribution in [0.1, 0.15) is 0 Å². The topological polar surface area (TPSA) is 8.81 Å². The smallest absolute Gasteiger partial charge is 0.232 e. The van der Waals surface area contributed by atoms with E-state index in [1.165, 1.54) is 6.07 Å². The third kappa shape index (κ3) is 1.60. The van der Waals surface area contributed by atoms with Crippen LogP contribution in [0.3, 0.4) is 0 Å². The van der Waals surface area contributed by atoms with E-state index in [1.807, 2.05) is 52.8 Å². The lowest BCUT2D eigenvalue weighted by atomic mass is 10.2. The molecular weight excluding hydrogens is 215 g/mol. The van der Waals surface area contributed by atoms with E-state index >= 15 is 0 Å². The van der Waals surface area contributed by atoms with Gasteiger partial charge in [0.2, 0.25) is 6.33 Å². The maximum atomic E-state index is 13.3. The highest BCUT2D eigenvalue weighted by Gasteiger charge is 2.15. The first kappa shape index (κ1) is 10.0. The van der Waals surface area contributed by atoms with Gasteiger partial charge in [0.05, 0.1) is 7.05 Å². The predicted molar refractivity (Wildman–Crippen MR) is 64.4 cm³/mol. The number of hydrogen-bond donors (Lipinski definition) is 0. The van der Waals surface area contributed by atoms with Gasteiger partial charge in [-0.3, -0.25) is 0 Å². The van der Waals surface area contributed by atoms with Gasteiger partial charge in [0.1, 0.15) is 11.5 Å². The average molecular weight is 227 g/mol. The second-order valence-corrected chi connectivity index (χ2v) is 4.06. The summed E-state index contributed by atoms with van der Waals surface area (Å²) in [5.74, 6) is -0.214. The third-order valence-corrected chi connectivity index (χ3v) is 2.90. The van der Waals surface area contributed by atoms with E-state index in [0.29, 0.717) is 0 Å². The standard InChI is InChI=1S/C14H12FN2/c1-16-10-17(12-5-3-2-4-6-12)14-9-11(15)7-8-13(14)16/h2-10H,1H3/q+1. The Kier molecular flexibility index (Phi) is 2.18. The number of imidazole rings is 1. The summed E-state index contributed by atoms with van der Waals surface area (Å²) in [5, 5.41) is 0. The molecule has 0 atom stereocenters. The van der Waals surface area contributed by atoms with Gasteiger partial charge < -0.3 is 0 Å². The molecule has 0 bridgehead atoms. The van der Waals surface area contributed by atoms with Gasteiger partial charge in [-0.05, 0) is 24.3 Å². The predicted octanol–water partition coefficient (Wildman–Crippen LogP) is 2.59. The second-order valence-electron chi connectivity index (χ2n) is 4.06. The van der Waals surface area contributed by atoms with Crippen molar-refractivity contribution in [3.05, 3.63) is 60.7 Å². The highest BCUT2D eigenvalue weighted by Crippen LogP contribution is 2.17. The van der Waals surface area contributed by atoms with E-state index in [-0.39, 0.29) is 5.82 Å². The van der Waals surface area contributed by atoms with Gasteiger partial charge in [-0.2, -0.15) is 4.57 Å². The molecule has 84 valence electrons. The molecule has 0 unspecified atom stereocenters. The number of nitrogens with zero attached hydrogens (tertiary/aromatic N) is 2. The Morgan fingerprint density at radius 3 is 2.59 bits per heavy atom. The van der Waals surface area contributed by atoms with Crippen LogP contribution in [0.2, 0.25) is 0 Å². The molecule has 0 aliphatic heterocycles. The van der Waals surface area contributed by atoms with Crippen molar-refractivity contribution in [1.29, 1.82) is 0 Å². The summed E-state index contributed by atoms with van der Waals surface area (Å²) in [7, 11) is 1.96. The van der Waals surface area contributed by atoms with Gasteiger partial charge in [-0.1, -0.05) is 18.2 Å². The lowest BCUT2D eigenvalue weighted by molar-refractivity contribution is -0.645. The van der Waals surface area contributed by atoms with Crippen LogP contribution in [0, 0.1) is 5.82 Å². The third-order valence-electron chi connectivity index (χ3n) is 2.90. The fourth-order valence-corrected chi connectivity index (χ4v) is 2.08. The van der Waals surface area contributed by atoms with E-state index in [0.717, 1.165) is 16.7 Å². The first-order valence-electron chi connectivity index (χ1n) is 5.47. The highest BCUT2D eigenvalue weighted by atomic mass is 19.1. The van der Waals surface area contributed by atoms with Crippen molar-refractivity contribution in [2.75, 3.05) is 0 Å². The number of fused-ring (bicyclic) bond motifs is 1. The molecule has 3 heteroatoms. The van der Waals surface area contributed by atoms with Gasteiger partial charge in [0, 0.05) is 6.07 Å². The molecule has 0 aliphatic carbocycles. The van der Waals surface area contributed by atoms with Crippen LogP contribution in [0.25, 0.3) is 16.7 Å². The van der Waals surface area contributed by atoms with Crippen molar-refractivity contribution in [3.63, 3.8) is 0 Å². The summed E-state index contributed by atoms with van der Waals surface area (Å²) in [4.78, 5) is 0. The maximum absolute atomic E-state index is 13.3. The number of halogens is 1. The van der Waals surface area contributed by atoms with Crippen LogP contribution in [-0.4, -0.2) is 4.57 Å². The lowest BCUT2D eigenvalue weighted by Gasteiger charge is -1.95. The molecule has 0 saturated heterocycles. The molecule has 17 heavy (non-hydrogen) atoms. The zero-order chi connectivity index (χ0) is 11.8. The largest absolute Gasteiger partial charge is 0.249 e. The van der Waals surface area contributed by atoms with Crippen LogP contribution in [0.15, 0.2) is 54.9 Å². The summed E-state index contributed by atoms with van der Waals surface area (Å²) >= 11 is 0. The van der Waals surface area contributed by atoms with Gasteiger partial charge in [-0.15, -0.1) is 0 Å². The molecule has 0 fully saturated rings. The molecule has 2 nitrogen and oxygen atoms in total. The molecule has 0 N–H and O–H groups in total. The zero-order valence-corrected chi connectivity index (χ0v) is 9.47. The van der Waals surface area contributed by atoms with Crippen molar-refractivity contribution < 1.29 is 8.96 Å². The Morgan fingerprint density at radius 1 is 1.06 bits per heavy atom. The minimum Gasteiger partial charge on any atom is -0.232 e. The van der Waals surface area contributed by atoms with E-state index < -0.39 is 0 Å². The SMILES string of the molecule is C[n+]1cn(-c2ccccc2)c2cc(F)ccc21. The molecule has 0 radical (unpaired) electrons. The molecule has 0 amide bonds. The summed E-state index contributed by atoms with van der Waals surface area (Å²) in [6, 6.07) is 14.8. The monoisotopic (exact) mass is 227 g/mol. The maximum Gasteiger partial charge on any atom is 0.249 e. The number of rotatable bonds is 1. The van der Waals surface area contributed by atoms with E-state index in [9.17, 15) is 4.39 Å². The number of hydrogen-bond acceptors (Lipinski definition) is 0. The fraction of sp³-hybridized carbons (Fsp3) is 0.0714. The van der Waals surface area contributed by atoms with Crippen molar-refractivity contribution in [2.24, 2.45) is 7.05 Å². The van der Waals surface area contributed by atoms with E-state index in [4.69, 9.17) is 0 Å². The highest BCUT2D eigenvalue weighted by molar-refractivity contribution is 5.74. The normalized spacial score (nSPS) is 10.9. The Morgan fingerprint density at radius 2 is 1.82 bits per heavy atom. The zero-order valence-electron chi connectivity index (χ0n) is 9.47. The average Bonchev–Trinajstić information content (AvgIpc) is 2.67. The van der Waals surface area contributed by atoms with Crippen LogP contribution >= 0.6 is 0 Å². The molecule has 1 aromatic heterocycles. The number of aromatic nitrogens is 2. The van der Waals surface area contributed by atoms with Crippen LogP contribution in [-0.2, 0) is 7.05 Å². The minimum atomic E-state index is -0.214. The molecular formula is C14H12FN2+. The van der Waals surface area contributed by atoms with Crippen molar-refractivity contribution >= 4 is 11.0 Å². The molecule has 0 saturated carbocycles. The summed E-state index contributed by atoms with van der Waals surface area (Å²) in [6.45, 7) is 0. The summed E-state index contributed by atoms with van der Waals surface area (Å²) in [6.07, 6.45) is 1.96. The minimum absolute atomic E-state index is 0.214. The fourth-order valence-electron chi connectivity index (χ4n) is 2.08. The first-order valence-corrected chi connectivity index (χ1v) is 5.47. The van der Waals surface area contributed by atoms with Gasteiger partial charge in [0.25, 0.3) is 0 Å². The summed E-state index contributed by atoms with van der Waals surface area (Å²) in [5.41, 5.74) is 2.91. The van der Waals surface area contributed by atoms with Crippen molar-refractivity contribution in [3.8, 4) is 5.69 Å². The first-order chi connectivity index (χ1) is 8.25. The number of benzene rings is 2. The molecule has 3 rings (SSSR count). The Hall–Kier alpha value is -2.16. The Labute approximate surface area is 98.5 Å². The lowest BCUT2D eigenvalue weighted by Crippen LogP contribution is -2.25. The molecule has 0 aliphatic rings. The quantitative estimate of drug-likeness (QED) is 0.565. The Balaban J connectivity index is 2.34. The molecule has 1 heterocycles. The molecule has 3 aromatic rings. The molecule has 2 aromatic carbocycles. The second kappa shape index (κ2) is 3.70. The van der Waals surface area contributed by atoms with Crippen LogP contribution < -0.4 is 4.57 Å². The van der Waals surface area contributed by atoms with E-state index in [1.54, 1.807) is 12.1 Å². The number of aryl methyl sites for hydroxylation is 1.